The van der Waals surface area contributed by atoms with Gasteiger partial charge in [0.2, 0.25) is 5.43 Å². The van der Waals surface area contributed by atoms with Crippen LogP contribution in [0.2, 0.25) is 0 Å². The average molecular weight is 588 g/mol. The number of carbonyl (C=O) groups excluding carboxylic acids is 1. The number of halogens is 2. The van der Waals surface area contributed by atoms with Gasteiger partial charge < -0.3 is 19.8 Å². The van der Waals surface area contributed by atoms with Gasteiger partial charge in [-0.2, -0.15) is 0 Å². The lowest BCUT2D eigenvalue weighted by molar-refractivity contribution is 0.0217. The van der Waals surface area contributed by atoms with Crippen molar-refractivity contribution in [1.29, 1.82) is 0 Å². The Morgan fingerprint density at radius 3 is 2.26 bits per heavy atom. The van der Waals surface area contributed by atoms with Gasteiger partial charge in [-0.3, -0.25) is 19.3 Å². The van der Waals surface area contributed by atoms with E-state index in [2.05, 4.69) is 0 Å². The summed E-state index contributed by atoms with van der Waals surface area (Å²) in [6.45, 7) is -0.244. The number of aliphatic hydroxyl groups excluding tert-OH is 1. The molecule has 1 amide bonds. The van der Waals surface area contributed by atoms with Crippen LogP contribution in [0.15, 0.2) is 89.9 Å². The lowest BCUT2D eigenvalue weighted by Gasteiger charge is -2.53. The van der Waals surface area contributed by atoms with Crippen molar-refractivity contribution in [2.24, 2.45) is 0 Å². The van der Waals surface area contributed by atoms with E-state index in [1.54, 1.807) is 40.2 Å². The maximum absolute atomic E-state index is 14.8. The number of ether oxygens (including phenoxy) is 1. The van der Waals surface area contributed by atoms with Crippen LogP contribution in [0.5, 0.6) is 11.5 Å². The fraction of sp³-hybridized carbons (Fsp3) is 0.273. The molecule has 1 fully saturated rings. The van der Waals surface area contributed by atoms with Crippen LogP contribution in [0, 0.1) is 11.6 Å². The van der Waals surface area contributed by atoms with Gasteiger partial charge in [0.15, 0.2) is 23.1 Å². The van der Waals surface area contributed by atoms with E-state index in [9.17, 15) is 28.6 Å². The Balaban J connectivity index is 1.59. The summed E-state index contributed by atoms with van der Waals surface area (Å²) in [4.78, 5) is 29.3. The number of carbonyl (C=O) groups is 1. The monoisotopic (exact) mass is 587 g/mol. The molecule has 10 heteroatoms. The van der Waals surface area contributed by atoms with Crippen LogP contribution in [0.1, 0.15) is 58.9 Å². The SMILES string of the molecule is O=C1c2c(OCc3ccccc3)c(=O)ccn2N(C(c2ccccc2)c2cc(F)c(F)cc2O)C(CCO)N1C1CCC1. The molecule has 8 nitrogen and oxygen atoms in total. The van der Waals surface area contributed by atoms with Gasteiger partial charge >= 0.3 is 0 Å². The molecule has 6 rings (SSSR count). The maximum Gasteiger partial charge on any atom is 0.278 e. The highest BCUT2D eigenvalue weighted by Crippen LogP contribution is 2.42. The minimum Gasteiger partial charge on any atom is -0.507 e. The number of rotatable bonds is 9. The van der Waals surface area contributed by atoms with Gasteiger partial charge in [0.25, 0.3) is 5.91 Å². The van der Waals surface area contributed by atoms with Gasteiger partial charge in [-0.1, -0.05) is 60.7 Å². The Morgan fingerprint density at radius 1 is 0.930 bits per heavy atom. The summed E-state index contributed by atoms with van der Waals surface area (Å²) >= 11 is 0. The zero-order valence-electron chi connectivity index (χ0n) is 23.3. The van der Waals surface area contributed by atoms with Crippen LogP contribution in [0.3, 0.4) is 0 Å². The predicted molar refractivity (Wildman–Crippen MR) is 155 cm³/mol. The van der Waals surface area contributed by atoms with Crippen LogP contribution in [-0.2, 0) is 6.61 Å². The summed E-state index contributed by atoms with van der Waals surface area (Å²) in [6, 6.07) is 20.0. The maximum atomic E-state index is 14.8. The zero-order chi connectivity index (χ0) is 30.1. The van der Waals surface area contributed by atoms with E-state index in [0.717, 1.165) is 37.0 Å². The first-order chi connectivity index (χ1) is 20.9. The van der Waals surface area contributed by atoms with Crippen molar-refractivity contribution >= 4 is 5.91 Å². The number of nitrogens with zero attached hydrogens (tertiary/aromatic N) is 3. The van der Waals surface area contributed by atoms with Crippen molar-refractivity contribution in [3.8, 4) is 11.5 Å². The largest absolute Gasteiger partial charge is 0.507 e. The lowest BCUT2D eigenvalue weighted by Crippen LogP contribution is -2.66. The Hall–Kier alpha value is -4.70. The number of pyridine rings is 1. The molecule has 0 radical (unpaired) electrons. The second-order valence-corrected chi connectivity index (χ2v) is 10.8. The highest BCUT2D eigenvalue weighted by Gasteiger charge is 2.47. The summed E-state index contributed by atoms with van der Waals surface area (Å²) in [7, 11) is 0. The molecule has 1 saturated carbocycles. The molecule has 0 spiro atoms. The van der Waals surface area contributed by atoms with Crippen LogP contribution >= 0.6 is 0 Å². The summed E-state index contributed by atoms with van der Waals surface area (Å²) in [5.41, 5.74) is 0.940. The molecule has 0 saturated heterocycles. The number of benzene rings is 3. The molecule has 2 N–H and O–H groups in total. The molecule has 2 atom stereocenters. The summed E-state index contributed by atoms with van der Waals surface area (Å²) in [5.74, 6) is -3.41. The zero-order valence-corrected chi connectivity index (χ0v) is 23.3. The minimum atomic E-state index is -1.20. The molecule has 1 aliphatic carbocycles. The number of fused-ring (bicyclic) bond motifs is 1. The van der Waals surface area contributed by atoms with E-state index in [-0.39, 0.29) is 42.7 Å². The Morgan fingerprint density at radius 2 is 1.60 bits per heavy atom. The van der Waals surface area contributed by atoms with E-state index in [0.29, 0.717) is 5.56 Å². The van der Waals surface area contributed by atoms with Gasteiger partial charge in [-0.05, 0) is 36.5 Å². The van der Waals surface area contributed by atoms with Crippen molar-refractivity contribution in [3.63, 3.8) is 0 Å². The van der Waals surface area contributed by atoms with Gasteiger partial charge in [-0.25, -0.2) is 8.78 Å². The van der Waals surface area contributed by atoms with Crippen LogP contribution in [-0.4, -0.2) is 44.5 Å². The Kier molecular flexibility index (Phi) is 7.86. The molecular weight excluding hydrogens is 556 g/mol. The van der Waals surface area contributed by atoms with Gasteiger partial charge in [0.1, 0.15) is 24.6 Å². The molecule has 3 aromatic carbocycles. The smallest absolute Gasteiger partial charge is 0.278 e. The molecule has 1 aromatic heterocycles. The number of hydrogen-bond donors (Lipinski definition) is 2. The van der Waals surface area contributed by atoms with Crippen molar-refractivity contribution in [2.75, 3.05) is 11.6 Å². The first-order valence-electron chi connectivity index (χ1n) is 14.3. The van der Waals surface area contributed by atoms with Crippen LogP contribution in [0.25, 0.3) is 0 Å². The highest BCUT2D eigenvalue weighted by atomic mass is 19.2. The molecule has 2 heterocycles. The standard InChI is InChI=1S/C33H31F2N3O5/c34-25-18-24(28(41)19-26(25)35)30(22-10-5-2-6-11-22)38-29(15-17-39)37(23-12-7-13-23)33(42)31-32(27(40)14-16-36(31)38)43-20-21-8-3-1-4-9-21/h1-6,8-11,14,16,18-19,23,29-30,39,41H,7,12-13,15,17,20H2. The van der Waals surface area contributed by atoms with E-state index in [1.807, 2.05) is 30.3 Å². The molecular formula is C33H31F2N3O5. The second-order valence-electron chi connectivity index (χ2n) is 10.8. The average Bonchev–Trinajstić information content (AvgIpc) is 2.98. The van der Waals surface area contributed by atoms with Crippen molar-refractivity contribution < 1.29 is 28.5 Å². The summed E-state index contributed by atoms with van der Waals surface area (Å²) in [6.07, 6.45) is 3.15. The fourth-order valence-corrected chi connectivity index (χ4v) is 5.93. The highest BCUT2D eigenvalue weighted by molar-refractivity contribution is 5.97. The molecule has 43 heavy (non-hydrogen) atoms. The molecule has 222 valence electrons. The topological polar surface area (TPSA) is 95.2 Å². The molecule has 2 unspecified atom stereocenters. The summed E-state index contributed by atoms with van der Waals surface area (Å²) < 4.78 is 36.5. The van der Waals surface area contributed by atoms with Gasteiger partial charge in [-0.15, -0.1) is 0 Å². The molecule has 2 aliphatic rings. The Labute approximate surface area is 247 Å². The van der Waals surface area contributed by atoms with Gasteiger partial charge in [0, 0.05) is 43.0 Å². The molecule has 0 bridgehead atoms. The fourth-order valence-electron chi connectivity index (χ4n) is 5.93. The first-order valence-corrected chi connectivity index (χ1v) is 14.3. The minimum absolute atomic E-state index is 0.0208. The van der Waals surface area contributed by atoms with Crippen molar-refractivity contribution in [2.45, 2.75) is 50.5 Å². The predicted octanol–water partition coefficient (Wildman–Crippen LogP) is 4.86. The quantitative estimate of drug-likeness (QED) is 0.291. The second kappa shape index (κ2) is 11.9. The Bertz CT molecular complexity index is 1680. The lowest BCUT2D eigenvalue weighted by atomic mass is 9.89. The number of phenols is 1. The van der Waals surface area contributed by atoms with Crippen molar-refractivity contribution in [3.05, 3.63) is 129 Å². The van der Waals surface area contributed by atoms with E-state index >= 15 is 0 Å². The number of aliphatic hydroxyl groups is 1. The number of aromatic nitrogens is 1. The normalized spacial score (nSPS) is 17.4. The van der Waals surface area contributed by atoms with Gasteiger partial charge in [0.05, 0.1) is 0 Å². The third-order valence-corrected chi connectivity index (χ3v) is 8.17. The first kappa shape index (κ1) is 28.4. The molecule has 4 aromatic rings. The van der Waals surface area contributed by atoms with Crippen molar-refractivity contribution in [1.82, 2.24) is 9.58 Å². The number of amides is 1. The number of hydrogen-bond acceptors (Lipinski definition) is 6. The van der Waals surface area contributed by atoms with E-state index in [1.165, 1.54) is 16.9 Å². The summed E-state index contributed by atoms with van der Waals surface area (Å²) in [5, 5.41) is 22.9. The number of phenolic OH excluding ortho intramolecular Hbond substituents is 1. The van der Waals surface area contributed by atoms with Crippen LogP contribution < -0.4 is 15.2 Å². The third kappa shape index (κ3) is 5.23. The van der Waals surface area contributed by atoms with E-state index in [4.69, 9.17) is 4.74 Å². The third-order valence-electron chi connectivity index (χ3n) is 8.17. The van der Waals surface area contributed by atoms with Crippen LogP contribution in [0.4, 0.5) is 8.78 Å². The number of aromatic hydroxyl groups is 1. The molecule has 1 aliphatic heterocycles. The van der Waals surface area contributed by atoms with E-state index < -0.39 is 40.9 Å².